The zero-order valence-electron chi connectivity index (χ0n) is 14.4. The molecule has 2 aromatic rings. The van der Waals surface area contributed by atoms with Crippen LogP contribution in [-0.4, -0.2) is 40.1 Å². The summed E-state index contributed by atoms with van der Waals surface area (Å²) < 4.78 is 5.28. The van der Waals surface area contributed by atoms with Crippen molar-refractivity contribution in [1.82, 2.24) is 10.1 Å². The lowest BCUT2D eigenvalue weighted by Crippen LogP contribution is -2.40. The Morgan fingerprint density at radius 3 is 2.62 bits per heavy atom. The molecule has 1 aliphatic heterocycles. The predicted molar refractivity (Wildman–Crippen MR) is 95.0 cm³/mol. The van der Waals surface area contributed by atoms with Crippen molar-refractivity contribution in [2.75, 3.05) is 13.1 Å². The molecule has 1 aromatic carbocycles. The molecule has 1 spiro atoms. The molecule has 1 amide bonds. The maximum absolute atomic E-state index is 13.1. The third-order valence-corrected chi connectivity index (χ3v) is 6.07. The van der Waals surface area contributed by atoms with E-state index < -0.39 is 5.97 Å². The smallest absolute Gasteiger partial charge is 0.307 e. The Morgan fingerprint density at radius 1 is 1.31 bits per heavy atom. The lowest BCUT2D eigenvalue weighted by Gasteiger charge is -2.32. The Bertz CT molecular complexity index is 883. The van der Waals surface area contributed by atoms with E-state index in [2.05, 4.69) is 5.16 Å². The van der Waals surface area contributed by atoms with Gasteiger partial charge in [-0.3, -0.25) is 9.59 Å². The molecule has 2 fully saturated rings. The van der Waals surface area contributed by atoms with Crippen LogP contribution in [-0.2, 0) is 4.79 Å². The number of carboxylic acid groups (broad SMARTS) is 1. The summed E-state index contributed by atoms with van der Waals surface area (Å²) in [6.07, 6.45) is 2.17. The van der Waals surface area contributed by atoms with Crippen molar-refractivity contribution in [3.63, 3.8) is 0 Å². The van der Waals surface area contributed by atoms with E-state index in [0.717, 1.165) is 19.3 Å². The van der Waals surface area contributed by atoms with Crippen molar-refractivity contribution < 1.29 is 19.2 Å². The number of hydrogen-bond donors (Lipinski definition) is 1. The monoisotopic (exact) mass is 374 g/mol. The average molecular weight is 375 g/mol. The molecule has 1 unspecified atom stereocenters. The Kier molecular flexibility index (Phi) is 4.03. The number of likely N-dealkylation sites (tertiary alicyclic amines) is 1. The minimum atomic E-state index is -0.722. The summed E-state index contributed by atoms with van der Waals surface area (Å²) in [6.45, 7) is 2.82. The zero-order chi connectivity index (χ0) is 18.5. The van der Waals surface area contributed by atoms with Gasteiger partial charge in [-0.05, 0) is 37.7 Å². The molecular formula is C19H19ClN2O4. The standard InChI is InChI=1S/C19H19ClN2O4/c1-11-15(16(21-26-11)12-4-2-3-5-14(12)20)17(23)22-8-6-19(7-9-22)10-13(19)18(24)25/h2-5,13H,6-10H2,1H3,(H,24,25). The van der Waals surface area contributed by atoms with Crippen LogP contribution in [0.4, 0.5) is 0 Å². The largest absolute Gasteiger partial charge is 0.481 e. The fourth-order valence-electron chi connectivity index (χ4n) is 4.02. The van der Waals surface area contributed by atoms with Crippen molar-refractivity contribution in [2.45, 2.75) is 26.2 Å². The topological polar surface area (TPSA) is 83.6 Å². The SMILES string of the molecule is Cc1onc(-c2ccccc2Cl)c1C(=O)N1CCC2(CC1)CC2C(=O)O. The first-order valence-electron chi connectivity index (χ1n) is 8.66. The van der Waals surface area contributed by atoms with E-state index in [1.54, 1.807) is 17.9 Å². The second kappa shape index (κ2) is 6.13. The van der Waals surface area contributed by atoms with Gasteiger partial charge >= 0.3 is 5.97 Å². The number of carbonyl (C=O) groups is 2. The third-order valence-electron chi connectivity index (χ3n) is 5.74. The molecule has 2 aliphatic rings. The number of carbonyl (C=O) groups excluding carboxylic acids is 1. The number of halogens is 1. The van der Waals surface area contributed by atoms with Crippen LogP contribution in [0.5, 0.6) is 0 Å². The van der Waals surface area contributed by atoms with E-state index in [-0.39, 0.29) is 17.2 Å². The summed E-state index contributed by atoms with van der Waals surface area (Å²) in [7, 11) is 0. The molecule has 26 heavy (non-hydrogen) atoms. The number of nitrogens with zero attached hydrogens (tertiary/aromatic N) is 2. The number of benzene rings is 1. The molecule has 136 valence electrons. The maximum Gasteiger partial charge on any atom is 0.307 e. The molecule has 1 atom stereocenters. The third kappa shape index (κ3) is 2.69. The van der Waals surface area contributed by atoms with Crippen molar-refractivity contribution in [2.24, 2.45) is 11.3 Å². The molecule has 7 heteroatoms. The highest BCUT2D eigenvalue weighted by atomic mass is 35.5. The van der Waals surface area contributed by atoms with Gasteiger partial charge in [-0.2, -0.15) is 0 Å². The average Bonchev–Trinajstić information content (AvgIpc) is 3.19. The van der Waals surface area contributed by atoms with Gasteiger partial charge in [0.05, 0.1) is 10.9 Å². The molecule has 1 N–H and O–H groups in total. The minimum absolute atomic E-state index is 0.113. The number of aryl methyl sites for hydroxylation is 1. The Hall–Kier alpha value is -2.34. The van der Waals surface area contributed by atoms with E-state index in [4.69, 9.17) is 16.1 Å². The van der Waals surface area contributed by atoms with Gasteiger partial charge in [0.25, 0.3) is 5.91 Å². The summed E-state index contributed by atoms with van der Waals surface area (Å²) in [6, 6.07) is 7.21. The lowest BCUT2D eigenvalue weighted by molar-refractivity contribution is -0.139. The van der Waals surface area contributed by atoms with Gasteiger partial charge in [-0.15, -0.1) is 0 Å². The van der Waals surface area contributed by atoms with E-state index in [9.17, 15) is 14.7 Å². The number of hydrogen-bond acceptors (Lipinski definition) is 4. The lowest BCUT2D eigenvalue weighted by atomic mass is 9.90. The molecule has 1 aliphatic carbocycles. The van der Waals surface area contributed by atoms with Gasteiger partial charge in [-0.25, -0.2) is 0 Å². The van der Waals surface area contributed by atoms with Crippen LogP contribution in [0.15, 0.2) is 28.8 Å². The first kappa shape index (κ1) is 17.1. The van der Waals surface area contributed by atoms with Crippen LogP contribution in [0.3, 0.4) is 0 Å². The van der Waals surface area contributed by atoms with Crippen molar-refractivity contribution in [3.05, 3.63) is 40.6 Å². The van der Waals surface area contributed by atoms with Gasteiger partial charge in [0.2, 0.25) is 0 Å². The quantitative estimate of drug-likeness (QED) is 0.886. The summed E-state index contributed by atoms with van der Waals surface area (Å²) in [5.74, 6) is -0.655. The fourth-order valence-corrected chi connectivity index (χ4v) is 4.25. The molecule has 1 aromatic heterocycles. The van der Waals surface area contributed by atoms with Gasteiger partial charge in [0.1, 0.15) is 17.0 Å². The molecule has 0 bridgehead atoms. The second-order valence-corrected chi connectivity index (χ2v) is 7.60. The molecule has 4 rings (SSSR count). The highest BCUT2D eigenvalue weighted by Gasteiger charge is 2.59. The molecule has 1 saturated carbocycles. The summed E-state index contributed by atoms with van der Waals surface area (Å²) in [4.78, 5) is 26.1. The fraction of sp³-hybridized carbons (Fsp3) is 0.421. The summed E-state index contributed by atoms with van der Waals surface area (Å²) in [5.41, 5.74) is 1.43. The Morgan fingerprint density at radius 2 is 2.00 bits per heavy atom. The van der Waals surface area contributed by atoms with Gasteiger partial charge < -0.3 is 14.5 Å². The molecule has 1 saturated heterocycles. The number of rotatable bonds is 3. The summed E-state index contributed by atoms with van der Waals surface area (Å²) in [5, 5.41) is 13.8. The van der Waals surface area contributed by atoms with Gasteiger partial charge in [0, 0.05) is 18.7 Å². The van der Waals surface area contributed by atoms with Crippen LogP contribution in [0, 0.1) is 18.3 Å². The number of aromatic nitrogens is 1. The van der Waals surface area contributed by atoms with E-state index in [1.165, 1.54) is 0 Å². The maximum atomic E-state index is 13.1. The van der Waals surface area contributed by atoms with Crippen molar-refractivity contribution >= 4 is 23.5 Å². The summed E-state index contributed by atoms with van der Waals surface area (Å²) >= 11 is 6.26. The van der Waals surface area contributed by atoms with Crippen molar-refractivity contribution in [1.29, 1.82) is 0 Å². The van der Waals surface area contributed by atoms with E-state index >= 15 is 0 Å². The molecular weight excluding hydrogens is 356 g/mol. The normalized spacial score (nSPS) is 21.0. The van der Waals surface area contributed by atoms with Crippen LogP contribution in [0.2, 0.25) is 5.02 Å². The van der Waals surface area contributed by atoms with Crippen LogP contribution >= 0.6 is 11.6 Å². The highest BCUT2D eigenvalue weighted by molar-refractivity contribution is 6.33. The van der Waals surface area contributed by atoms with Gasteiger partial charge in [-0.1, -0.05) is 35.0 Å². The number of piperidine rings is 1. The Labute approximate surface area is 155 Å². The van der Waals surface area contributed by atoms with E-state index in [1.807, 2.05) is 18.2 Å². The zero-order valence-corrected chi connectivity index (χ0v) is 15.1. The van der Waals surface area contributed by atoms with Crippen LogP contribution < -0.4 is 0 Å². The molecule has 6 nitrogen and oxygen atoms in total. The van der Waals surface area contributed by atoms with Crippen LogP contribution in [0.25, 0.3) is 11.3 Å². The molecule has 0 radical (unpaired) electrons. The van der Waals surface area contributed by atoms with Gasteiger partial charge in [0.15, 0.2) is 0 Å². The van der Waals surface area contributed by atoms with E-state index in [0.29, 0.717) is 40.7 Å². The predicted octanol–water partition coefficient (Wildman–Crippen LogP) is 3.63. The first-order chi connectivity index (χ1) is 12.4. The minimum Gasteiger partial charge on any atom is -0.481 e. The highest BCUT2D eigenvalue weighted by Crippen LogP contribution is 2.59. The number of amides is 1. The second-order valence-electron chi connectivity index (χ2n) is 7.19. The number of carboxylic acids is 1. The number of aliphatic carboxylic acids is 1. The molecule has 2 heterocycles. The first-order valence-corrected chi connectivity index (χ1v) is 9.04. The Balaban J connectivity index is 1.56. The van der Waals surface area contributed by atoms with Crippen LogP contribution in [0.1, 0.15) is 35.4 Å². The van der Waals surface area contributed by atoms with Crippen molar-refractivity contribution in [3.8, 4) is 11.3 Å².